The van der Waals surface area contributed by atoms with Gasteiger partial charge in [0.05, 0.1) is 16.5 Å². The van der Waals surface area contributed by atoms with Crippen molar-refractivity contribution in [2.24, 2.45) is 0 Å². The Balaban J connectivity index is 1.53. The van der Waals surface area contributed by atoms with E-state index in [1.54, 1.807) is 4.40 Å². The molecular weight excluding hydrogens is 514 g/mol. The minimum Gasteiger partial charge on any atom is -0.438 e. The van der Waals surface area contributed by atoms with Crippen LogP contribution in [0.5, 0.6) is 0 Å². The van der Waals surface area contributed by atoms with Crippen molar-refractivity contribution in [1.82, 2.24) is 4.40 Å². The Labute approximate surface area is 242 Å². The Kier molecular flexibility index (Phi) is 5.61. The molecule has 0 saturated heterocycles. The molecule has 0 unspecified atom stereocenters. The largest absolute Gasteiger partial charge is 0.438 e. The van der Waals surface area contributed by atoms with Crippen molar-refractivity contribution >= 4 is 27.6 Å². The third-order valence-electron chi connectivity index (χ3n) is 8.01. The van der Waals surface area contributed by atoms with Gasteiger partial charge in [0.15, 0.2) is 0 Å². The monoisotopic (exact) mass is 539 g/mol. The van der Waals surface area contributed by atoms with Gasteiger partial charge in [-0.2, -0.15) is 0 Å². The molecule has 2 heterocycles. The van der Waals surface area contributed by atoms with Crippen LogP contribution in [0, 0.1) is 0 Å². The van der Waals surface area contributed by atoms with Gasteiger partial charge in [-0.1, -0.05) is 127 Å². The van der Waals surface area contributed by atoms with Crippen LogP contribution in [0.1, 0.15) is 0 Å². The lowest BCUT2D eigenvalue weighted by Gasteiger charge is -2.11. The van der Waals surface area contributed by atoms with Crippen molar-refractivity contribution < 1.29 is 4.42 Å². The molecule has 3 heteroatoms. The third kappa shape index (κ3) is 3.87. The van der Waals surface area contributed by atoms with Gasteiger partial charge in [-0.3, -0.25) is 4.79 Å². The maximum atomic E-state index is 14.6. The molecule has 0 saturated carbocycles. The van der Waals surface area contributed by atoms with Crippen molar-refractivity contribution in [3.63, 3.8) is 0 Å². The van der Waals surface area contributed by atoms with E-state index in [0.29, 0.717) is 16.7 Å². The lowest BCUT2D eigenvalue weighted by molar-refractivity contribution is 0.633. The minimum absolute atomic E-state index is 0.0964. The number of fused-ring (bicyclic) bond motifs is 4. The first kappa shape index (κ1) is 24.2. The molecule has 0 aliphatic rings. The summed E-state index contributed by atoms with van der Waals surface area (Å²) in [4.78, 5) is 14.6. The predicted molar refractivity (Wildman–Crippen MR) is 173 cm³/mol. The molecule has 0 atom stereocenters. The molecule has 0 N–H and O–H groups in total. The van der Waals surface area contributed by atoms with E-state index in [9.17, 15) is 4.79 Å². The molecule has 0 amide bonds. The summed E-state index contributed by atoms with van der Waals surface area (Å²) in [6, 6.07) is 51.2. The zero-order chi connectivity index (χ0) is 28.0. The Hall–Kier alpha value is -5.67. The van der Waals surface area contributed by atoms with Crippen molar-refractivity contribution in [2.75, 3.05) is 0 Å². The van der Waals surface area contributed by atoms with Crippen molar-refractivity contribution in [2.45, 2.75) is 0 Å². The van der Waals surface area contributed by atoms with Gasteiger partial charge in [-0.05, 0) is 57.6 Å². The molecule has 0 bridgehead atoms. The van der Waals surface area contributed by atoms with Crippen molar-refractivity contribution in [3.05, 3.63) is 162 Å². The quantitative estimate of drug-likeness (QED) is 0.223. The molecule has 0 spiro atoms. The lowest BCUT2D eigenvalue weighted by Crippen LogP contribution is -2.13. The van der Waals surface area contributed by atoms with E-state index in [-0.39, 0.29) is 5.56 Å². The highest BCUT2D eigenvalue weighted by Gasteiger charge is 2.22. The highest BCUT2D eigenvalue weighted by molar-refractivity contribution is 6.07. The maximum Gasteiger partial charge on any atom is 0.269 e. The van der Waals surface area contributed by atoms with E-state index >= 15 is 0 Å². The number of rotatable bonds is 4. The second-order valence-corrected chi connectivity index (χ2v) is 10.5. The number of benzene rings is 6. The van der Waals surface area contributed by atoms with Gasteiger partial charge in [0.1, 0.15) is 5.58 Å². The smallest absolute Gasteiger partial charge is 0.269 e. The number of hydrogen-bond donors (Lipinski definition) is 0. The first-order valence-electron chi connectivity index (χ1n) is 14.1. The molecule has 0 radical (unpaired) electrons. The molecule has 8 rings (SSSR count). The fourth-order valence-electron chi connectivity index (χ4n) is 6.00. The van der Waals surface area contributed by atoms with E-state index in [0.717, 1.165) is 55.4 Å². The number of nitrogens with zero attached hydrogens (tertiary/aromatic N) is 1. The van der Waals surface area contributed by atoms with Crippen LogP contribution in [-0.4, -0.2) is 4.40 Å². The Bertz CT molecular complexity index is 2280. The third-order valence-corrected chi connectivity index (χ3v) is 8.01. The average Bonchev–Trinajstić information content (AvgIpc) is 3.40. The highest BCUT2D eigenvalue weighted by Crippen LogP contribution is 2.40. The summed E-state index contributed by atoms with van der Waals surface area (Å²) in [6.45, 7) is 0. The second-order valence-electron chi connectivity index (χ2n) is 10.5. The Morgan fingerprint density at radius 3 is 1.60 bits per heavy atom. The fraction of sp³-hybridized carbons (Fsp3) is 0. The highest BCUT2D eigenvalue weighted by atomic mass is 16.3. The van der Waals surface area contributed by atoms with Gasteiger partial charge in [0.2, 0.25) is 5.71 Å². The fourth-order valence-corrected chi connectivity index (χ4v) is 6.00. The SMILES string of the molecule is O=c1c2cc(-c3ccccc3)cc(-c3ccccc3)c2oc2c(-c3ccccc3)c3cc(-c4ccccc4)ccc3n12. The van der Waals surface area contributed by atoms with Crippen LogP contribution < -0.4 is 5.56 Å². The zero-order valence-corrected chi connectivity index (χ0v) is 22.7. The summed E-state index contributed by atoms with van der Waals surface area (Å²) in [5.74, 6) is 0. The molecule has 0 aliphatic carbocycles. The van der Waals surface area contributed by atoms with Gasteiger partial charge in [0, 0.05) is 10.9 Å². The summed E-state index contributed by atoms with van der Waals surface area (Å²) in [6.07, 6.45) is 0. The summed E-state index contributed by atoms with van der Waals surface area (Å²) in [7, 11) is 0. The van der Waals surface area contributed by atoms with E-state index in [2.05, 4.69) is 66.7 Å². The average molecular weight is 540 g/mol. The Morgan fingerprint density at radius 1 is 0.452 bits per heavy atom. The molecule has 6 aromatic carbocycles. The van der Waals surface area contributed by atoms with Gasteiger partial charge < -0.3 is 4.42 Å². The molecule has 42 heavy (non-hydrogen) atoms. The standard InChI is InChI=1S/C39H25NO2/c41-38-34-25-31(27-15-7-2-8-16-27)24-32(28-17-9-3-10-18-28)37(34)42-39-36(29-19-11-4-12-20-29)33-23-30(21-22-35(33)40(38)39)26-13-5-1-6-14-26/h1-25H. The molecule has 2 aromatic heterocycles. The van der Waals surface area contributed by atoms with Crippen molar-refractivity contribution in [3.8, 4) is 44.5 Å². The van der Waals surface area contributed by atoms with Crippen LogP contribution >= 0.6 is 0 Å². The van der Waals surface area contributed by atoms with E-state index < -0.39 is 0 Å². The van der Waals surface area contributed by atoms with Crippen molar-refractivity contribution in [1.29, 1.82) is 0 Å². The summed E-state index contributed by atoms with van der Waals surface area (Å²) < 4.78 is 8.63. The van der Waals surface area contributed by atoms with Gasteiger partial charge in [0.25, 0.3) is 5.56 Å². The maximum absolute atomic E-state index is 14.6. The van der Waals surface area contributed by atoms with E-state index in [4.69, 9.17) is 4.42 Å². The second kappa shape index (κ2) is 9.76. The van der Waals surface area contributed by atoms with Gasteiger partial charge >= 0.3 is 0 Å². The van der Waals surface area contributed by atoms with Crippen LogP contribution in [0.25, 0.3) is 72.1 Å². The van der Waals surface area contributed by atoms with E-state index in [1.165, 1.54) is 0 Å². The van der Waals surface area contributed by atoms with Crippen LogP contribution in [-0.2, 0) is 0 Å². The Morgan fingerprint density at radius 2 is 0.976 bits per heavy atom. The number of aromatic nitrogens is 1. The molecule has 3 nitrogen and oxygen atoms in total. The van der Waals surface area contributed by atoms with Crippen LogP contribution in [0.4, 0.5) is 0 Å². The molecule has 8 aromatic rings. The summed E-state index contributed by atoms with van der Waals surface area (Å²) in [5.41, 5.74) is 9.88. The summed E-state index contributed by atoms with van der Waals surface area (Å²) >= 11 is 0. The number of hydrogen-bond acceptors (Lipinski definition) is 2. The van der Waals surface area contributed by atoms with Crippen LogP contribution in [0.3, 0.4) is 0 Å². The van der Waals surface area contributed by atoms with Crippen LogP contribution in [0.2, 0.25) is 0 Å². The lowest BCUT2D eigenvalue weighted by atomic mass is 9.96. The zero-order valence-electron chi connectivity index (χ0n) is 22.7. The molecule has 0 fully saturated rings. The normalized spacial score (nSPS) is 11.4. The topological polar surface area (TPSA) is 34.6 Å². The van der Waals surface area contributed by atoms with Gasteiger partial charge in [-0.25, -0.2) is 4.40 Å². The molecule has 0 aliphatic heterocycles. The van der Waals surface area contributed by atoms with Crippen LogP contribution in [0.15, 0.2) is 161 Å². The molecule has 198 valence electrons. The summed E-state index contributed by atoms with van der Waals surface area (Å²) in [5, 5.41) is 1.52. The molecular formula is C39H25NO2. The first-order chi connectivity index (χ1) is 20.8. The van der Waals surface area contributed by atoms with E-state index in [1.807, 2.05) is 84.9 Å². The minimum atomic E-state index is -0.0964. The predicted octanol–water partition coefficient (Wildman–Crippen LogP) is 9.87. The van der Waals surface area contributed by atoms with Gasteiger partial charge in [-0.15, -0.1) is 0 Å². The first-order valence-corrected chi connectivity index (χ1v) is 14.1.